The quantitative estimate of drug-likeness (QED) is 0.641. The fraction of sp³-hybridized carbons (Fsp3) is 0.917. The van der Waals surface area contributed by atoms with E-state index in [-0.39, 0.29) is 5.41 Å². The van der Waals surface area contributed by atoms with Crippen LogP contribution in [0.5, 0.6) is 0 Å². The van der Waals surface area contributed by atoms with Gasteiger partial charge in [0.05, 0.1) is 0 Å². The standard InChI is InChI=1S/C12H25NO/c1-12(2,3)9-8-11(14)7-5-4-6-10-13/h4-10,13H2,1-3H3. The van der Waals surface area contributed by atoms with Crippen molar-refractivity contribution in [2.75, 3.05) is 6.54 Å². The van der Waals surface area contributed by atoms with Crippen molar-refractivity contribution in [1.29, 1.82) is 0 Å². The van der Waals surface area contributed by atoms with E-state index < -0.39 is 0 Å². The second kappa shape index (κ2) is 6.99. The minimum absolute atomic E-state index is 0.285. The van der Waals surface area contributed by atoms with Crippen LogP contribution in [0.4, 0.5) is 0 Å². The highest BCUT2D eigenvalue weighted by Crippen LogP contribution is 2.21. The Labute approximate surface area is 88.3 Å². The summed E-state index contributed by atoms with van der Waals surface area (Å²) in [5.74, 6) is 0.414. The summed E-state index contributed by atoms with van der Waals surface area (Å²) in [5, 5.41) is 0. The summed E-state index contributed by atoms with van der Waals surface area (Å²) in [6, 6.07) is 0. The van der Waals surface area contributed by atoms with Crippen molar-refractivity contribution in [3.05, 3.63) is 0 Å². The Morgan fingerprint density at radius 2 is 1.71 bits per heavy atom. The third kappa shape index (κ3) is 9.72. The third-order valence-electron chi connectivity index (χ3n) is 2.31. The number of rotatable bonds is 7. The predicted molar refractivity (Wildman–Crippen MR) is 61.2 cm³/mol. The Kier molecular flexibility index (Phi) is 6.81. The number of hydrogen-bond donors (Lipinski definition) is 1. The highest BCUT2D eigenvalue weighted by atomic mass is 16.1. The van der Waals surface area contributed by atoms with Crippen LogP contribution in [0.1, 0.15) is 59.3 Å². The molecule has 0 amide bonds. The first-order chi connectivity index (χ1) is 6.45. The number of carbonyl (C=O) groups is 1. The highest BCUT2D eigenvalue weighted by molar-refractivity contribution is 5.78. The molecule has 0 radical (unpaired) electrons. The van der Waals surface area contributed by atoms with Crippen molar-refractivity contribution in [3.63, 3.8) is 0 Å². The van der Waals surface area contributed by atoms with Crippen molar-refractivity contribution in [2.45, 2.75) is 59.3 Å². The lowest BCUT2D eigenvalue weighted by molar-refractivity contribution is -0.119. The molecule has 2 N–H and O–H groups in total. The summed E-state index contributed by atoms with van der Waals surface area (Å²) in [6.07, 6.45) is 5.65. The molecule has 0 atom stereocenters. The molecule has 2 nitrogen and oxygen atoms in total. The van der Waals surface area contributed by atoms with Gasteiger partial charge in [-0.05, 0) is 31.2 Å². The summed E-state index contributed by atoms with van der Waals surface area (Å²) in [4.78, 5) is 11.4. The van der Waals surface area contributed by atoms with Gasteiger partial charge in [-0.25, -0.2) is 0 Å². The van der Waals surface area contributed by atoms with E-state index >= 15 is 0 Å². The lowest BCUT2D eigenvalue weighted by Gasteiger charge is -2.16. The van der Waals surface area contributed by atoms with E-state index in [4.69, 9.17) is 5.73 Å². The molecule has 0 aromatic carbocycles. The first kappa shape index (κ1) is 13.6. The Balaban J connectivity index is 3.38. The molecule has 0 aliphatic heterocycles. The van der Waals surface area contributed by atoms with Crippen LogP contribution < -0.4 is 5.73 Å². The van der Waals surface area contributed by atoms with Crippen LogP contribution in [0.2, 0.25) is 0 Å². The molecule has 0 saturated heterocycles. The minimum Gasteiger partial charge on any atom is -0.330 e. The zero-order chi connectivity index (χ0) is 11.0. The number of nitrogens with two attached hydrogens (primary N) is 1. The molecule has 84 valence electrons. The fourth-order valence-electron chi connectivity index (χ4n) is 1.28. The van der Waals surface area contributed by atoms with E-state index in [1.54, 1.807) is 0 Å². The van der Waals surface area contributed by atoms with E-state index in [9.17, 15) is 4.79 Å². The lowest BCUT2D eigenvalue weighted by atomic mass is 9.89. The van der Waals surface area contributed by atoms with Crippen LogP contribution in [0.25, 0.3) is 0 Å². The van der Waals surface area contributed by atoms with Gasteiger partial charge in [0.15, 0.2) is 0 Å². The zero-order valence-corrected chi connectivity index (χ0v) is 9.94. The van der Waals surface area contributed by atoms with Gasteiger partial charge in [0.25, 0.3) is 0 Å². The van der Waals surface area contributed by atoms with E-state index in [0.29, 0.717) is 5.78 Å². The topological polar surface area (TPSA) is 43.1 Å². The number of ketones is 1. The van der Waals surface area contributed by atoms with Gasteiger partial charge in [-0.3, -0.25) is 4.79 Å². The lowest BCUT2D eigenvalue weighted by Crippen LogP contribution is -2.09. The predicted octanol–water partition coefficient (Wildman–Crippen LogP) is 2.90. The Bertz CT molecular complexity index is 158. The highest BCUT2D eigenvalue weighted by Gasteiger charge is 2.12. The molecular weight excluding hydrogens is 174 g/mol. The molecule has 0 aromatic rings. The van der Waals surface area contributed by atoms with Gasteiger partial charge >= 0.3 is 0 Å². The Morgan fingerprint density at radius 1 is 1.07 bits per heavy atom. The van der Waals surface area contributed by atoms with Gasteiger partial charge in [-0.15, -0.1) is 0 Å². The molecule has 14 heavy (non-hydrogen) atoms. The molecule has 0 aliphatic carbocycles. The largest absolute Gasteiger partial charge is 0.330 e. The number of unbranched alkanes of at least 4 members (excludes halogenated alkanes) is 2. The van der Waals surface area contributed by atoms with Crippen molar-refractivity contribution in [3.8, 4) is 0 Å². The average Bonchev–Trinajstić information content (AvgIpc) is 2.08. The van der Waals surface area contributed by atoms with E-state index in [1.807, 2.05) is 0 Å². The van der Waals surface area contributed by atoms with Gasteiger partial charge in [0, 0.05) is 12.8 Å². The number of carbonyl (C=O) groups excluding carboxylic acids is 1. The molecule has 0 fully saturated rings. The first-order valence-corrected chi connectivity index (χ1v) is 5.67. The fourth-order valence-corrected chi connectivity index (χ4v) is 1.28. The SMILES string of the molecule is CC(C)(C)CCC(=O)CCCCCN. The van der Waals surface area contributed by atoms with Crippen LogP contribution in [-0.2, 0) is 4.79 Å². The maximum absolute atomic E-state index is 11.4. The van der Waals surface area contributed by atoms with Crippen molar-refractivity contribution >= 4 is 5.78 Å². The first-order valence-electron chi connectivity index (χ1n) is 5.67. The molecule has 2 heteroatoms. The molecule has 0 rings (SSSR count). The third-order valence-corrected chi connectivity index (χ3v) is 2.31. The summed E-state index contributed by atoms with van der Waals surface area (Å²) in [7, 11) is 0. The summed E-state index contributed by atoms with van der Waals surface area (Å²) in [6.45, 7) is 7.27. The van der Waals surface area contributed by atoms with Gasteiger partial charge < -0.3 is 5.73 Å². The van der Waals surface area contributed by atoms with Crippen molar-refractivity contribution in [2.24, 2.45) is 11.1 Å². The average molecular weight is 199 g/mol. The molecule has 0 heterocycles. The van der Waals surface area contributed by atoms with Gasteiger partial charge in [0.2, 0.25) is 0 Å². The zero-order valence-electron chi connectivity index (χ0n) is 9.94. The Morgan fingerprint density at radius 3 is 2.21 bits per heavy atom. The summed E-state index contributed by atoms with van der Waals surface area (Å²) in [5.41, 5.74) is 5.66. The summed E-state index contributed by atoms with van der Waals surface area (Å²) >= 11 is 0. The van der Waals surface area contributed by atoms with Crippen LogP contribution in [0.3, 0.4) is 0 Å². The maximum Gasteiger partial charge on any atom is 0.132 e. The molecule has 0 saturated carbocycles. The number of Topliss-reactive ketones (excluding diaryl/α,β-unsaturated/α-hetero) is 1. The van der Waals surface area contributed by atoms with Crippen molar-refractivity contribution in [1.82, 2.24) is 0 Å². The molecule has 0 unspecified atom stereocenters. The van der Waals surface area contributed by atoms with Crippen LogP contribution in [0, 0.1) is 5.41 Å². The van der Waals surface area contributed by atoms with Gasteiger partial charge in [-0.2, -0.15) is 0 Å². The molecule has 0 bridgehead atoms. The maximum atomic E-state index is 11.4. The number of hydrogen-bond acceptors (Lipinski definition) is 2. The minimum atomic E-state index is 0.285. The molecule has 0 aliphatic rings. The van der Waals surface area contributed by atoms with Crippen molar-refractivity contribution < 1.29 is 4.79 Å². The van der Waals surface area contributed by atoms with Crippen LogP contribution >= 0.6 is 0 Å². The normalized spacial score (nSPS) is 11.7. The van der Waals surface area contributed by atoms with E-state index in [2.05, 4.69) is 20.8 Å². The summed E-state index contributed by atoms with van der Waals surface area (Å²) < 4.78 is 0. The van der Waals surface area contributed by atoms with E-state index in [1.165, 1.54) is 0 Å². The second-order valence-electron chi connectivity index (χ2n) is 5.20. The van der Waals surface area contributed by atoms with Gasteiger partial charge in [0.1, 0.15) is 5.78 Å². The molecule has 0 aromatic heterocycles. The van der Waals surface area contributed by atoms with E-state index in [0.717, 1.165) is 45.1 Å². The van der Waals surface area contributed by atoms with Crippen LogP contribution in [0.15, 0.2) is 0 Å². The molecule has 0 spiro atoms. The molecular formula is C12H25NO. The van der Waals surface area contributed by atoms with Gasteiger partial charge in [-0.1, -0.05) is 27.2 Å². The Hall–Kier alpha value is -0.370. The van der Waals surface area contributed by atoms with Crippen LogP contribution in [-0.4, -0.2) is 12.3 Å². The smallest absolute Gasteiger partial charge is 0.132 e. The second-order valence-corrected chi connectivity index (χ2v) is 5.20. The monoisotopic (exact) mass is 199 g/mol.